The van der Waals surface area contributed by atoms with E-state index in [1.165, 1.54) is 131 Å². The summed E-state index contributed by atoms with van der Waals surface area (Å²) in [5.41, 5.74) is 8.86. The van der Waals surface area contributed by atoms with E-state index in [-0.39, 0.29) is 10.6 Å². The van der Waals surface area contributed by atoms with Crippen LogP contribution in [0.3, 0.4) is 0 Å². The van der Waals surface area contributed by atoms with Crippen LogP contribution in [0.1, 0.15) is 152 Å². The van der Waals surface area contributed by atoms with Crippen LogP contribution < -0.4 is 9.64 Å². The summed E-state index contributed by atoms with van der Waals surface area (Å²) in [7, 11) is 0. The molecule has 0 aromatic heterocycles. The largest absolute Gasteiger partial charge is 0.493 e. The van der Waals surface area contributed by atoms with Gasteiger partial charge in [-0.3, -0.25) is 19.9 Å². The Morgan fingerprint density at radius 1 is 0.577 bits per heavy atom. The normalized spacial score (nSPS) is 14.1. The van der Waals surface area contributed by atoms with Gasteiger partial charge >= 0.3 is 0 Å². The topological polar surface area (TPSA) is 62.1 Å². The number of nitro benzene ring substituents is 1. The number of fused-ring (bicyclic) bond motifs is 2. The van der Waals surface area contributed by atoms with Crippen molar-refractivity contribution in [2.24, 2.45) is 0 Å². The van der Waals surface area contributed by atoms with Crippen molar-refractivity contribution < 1.29 is 9.66 Å². The van der Waals surface area contributed by atoms with Crippen LogP contribution in [0.2, 0.25) is 0 Å². The Morgan fingerprint density at radius 3 is 1.52 bits per heavy atom. The minimum Gasteiger partial charge on any atom is -0.493 e. The first kappa shape index (κ1) is 39.8. The maximum atomic E-state index is 11.7. The minimum atomic E-state index is -0.305. The van der Waals surface area contributed by atoms with E-state index in [1.54, 1.807) is 12.1 Å². The van der Waals surface area contributed by atoms with Crippen molar-refractivity contribution in [2.45, 2.75) is 156 Å². The molecule has 7 heteroatoms. The standard InChI is InChI=1S/C45H66N4O3/c1-4-7-10-13-15-21-30-46-33-40-42(35-46)45(52-32-23-17-12-9-6-3)43-36-47(31-22-16-14-11-8-5-2)34-41(43)44(40)48(37-24-19-18-20-25-37)38-26-28-39(29-27-38)49(50)51/h18-20,24-29H,4-17,21-23,30-36H2,1-3H3. The van der Waals surface area contributed by atoms with Gasteiger partial charge in [0.05, 0.1) is 17.2 Å². The molecule has 7 nitrogen and oxygen atoms in total. The Kier molecular flexibility index (Phi) is 16.3. The Labute approximate surface area is 314 Å². The molecule has 3 aromatic carbocycles. The molecule has 5 rings (SSSR count). The number of hydrogen-bond acceptors (Lipinski definition) is 6. The van der Waals surface area contributed by atoms with E-state index in [9.17, 15) is 10.1 Å². The molecule has 52 heavy (non-hydrogen) atoms. The van der Waals surface area contributed by atoms with Gasteiger partial charge in [-0.2, -0.15) is 0 Å². The fourth-order valence-corrected chi connectivity index (χ4v) is 8.18. The molecule has 0 N–H and O–H groups in total. The first-order valence-corrected chi connectivity index (χ1v) is 20.9. The molecule has 0 aliphatic carbocycles. The summed E-state index contributed by atoms with van der Waals surface area (Å²) in [6.07, 6.45) is 21.6. The van der Waals surface area contributed by atoms with E-state index >= 15 is 0 Å². The van der Waals surface area contributed by atoms with Gasteiger partial charge in [0.15, 0.2) is 0 Å². The fraction of sp³-hybridized carbons (Fsp3) is 0.600. The van der Waals surface area contributed by atoms with Crippen LogP contribution in [0.15, 0.2) is 54.6 Å². The fourth-order valence-electron chi connectivity index (χ4n) is 8.18. The molecule has 0 spiro atoms. The molecule has 2 aliphatic rings. The van der Waals surface area contributed by atoms with Crippen molar-refractivity contribution in [3.8, 4) is 5.75 Å². The van der Waals surface area contributed by atoms with Crippen LogP contribution >= 0.6 is 0 Å². The van der Waals surface area contributed by atoms with Crippen molar-refractivity contribution in [3.63, 3.8) is 0 Å². The van der Waals surface area contributed by atoms with E-state index in [2.05, 4.69) is 65.8 Å². The van der Waals surface area contributed by atoms with Crippen molar-refractivity contribution in [3.05, 3.63) is 87.0 Å². The summed E-state index contributed by atoms with van der Waals surface area (Å²) in [6.45, 7) is 13.4. The predicted molar refractivity (Wildman–Crippen MR) is 217 cm³/mol. The number of nitro groups is 1. The molecule has 284 valence electrons. The second-order valence-electron chi connectivity index (χ2n) is 15.3. The van der Waals surface area contributed by atoms with E-state index in [0.29, 0.717) is 0 Å². The molecule has 0 bridgehead atoms. The van der Waals surface area contributed by atoms with Crippen LogP contribution in [0.4, 0.5) is 22.7 Å². The Bertz CT molecular complexity index is 1460. The maximum absolute atomic E-state index is 11.7. The lowest BCUT2D eigenvalue weighted by Gasteiger charge is -2.31. The van der Waals surface area contributed by atoms with Gasteiger partial charge in [-0.1, -0.05) is 129 Å². The van der Waals surface area contributed by atoms with Crippen LogP contribution in [0.5, 0.6) is 5.75 Å². The maximum Gasteiger partial charge on any atom is 0.269 e. The third-order valence-corrected chi connectivity index (χ3v) is 11.1. The van der Waals surface area contributed by atoms with Gasteiger partial charge in [0, 0.05) is 60.8 Å². The molecule has 0 atom stereocenters. The summed E-state index contributed by atoms with van der Waals surface area (Å²) in [5, 5.41) is 11.7. The van der Waals surface area contributed by atoms with Crippen molar-refractivity contribution >= 4 is 22.7 Å². The van der Waals surface area contributed by atoms with Gasteiger partial charge in [-0.05, 0) is 67.7 Å². The second-order valence-corrected chi connectivity index (χ2v) is 15.3. The second kappa shape index (κ2) is 21.3. The van der Waals surface area contributed by atoms with Crippen LogP contribution in [-0.2, 0) is 26.2 Å². The smallest absolute Gasteiger partial charge is 0.269 e. The number of anilines is 3. The first-order chi connectivity index (χ1) is 25.5. The number of hydrogen-bond donors (Lipinski definition) is 0. The van der Waals surface area contributed by atoms with Gasteiger partial charge in [0.25, 0.3) is 5.69 Å². The molecule has 2 aliphatic heterocycles. The van der Waals surface area contributed by atoms with Crippen LogP contribution in [0, 0.1) is 10.1 Å². The van der Waals surface area contributed by atoms with Crippen molar-refractivity contribution in [1.82, 2.24) is 9.80 Å². The number of non-ortho nitro benzene ring substituents is 1. The number of ether oxygens (including phenoxy) is 1. The monoisotopic (exact) mass is 711 g/mol. The molecular weight excluding hydrogens is 645 g/mol. The van der Waals surface area contributed by atoms with E-state index in [1.807, 2.05) is 12.1 Å². The average molecular weight is 711 g/mol. The number of benzene rings is 3. The molecule has 0 amide bonds. The zero-order valence-electron chi connectivity index (χ0n) is 32.7. The molecule has 2 heterocycles. The lowest BCUT2D eigenvalue weighted by Crippen LogP contribution is -2.20. The molecule has 0 saturated heterocycles. The Balaban J connectivity index is 1.53. The van der Waals surface area contributed by atoms with Gasteiger partial charge in [-0.15, -0.1) is 0 Å². The van der Waals surface area contributed by atoms with Crippen molar-refractivity contribution in [1.29, 1.82) is 0 Å². The highest BCUT2D eigenvalue weighted by Crippen LogP contribution is 2.51. The third kappa shape index (κ3) is 10.8. The molecule has 0 fully saturated rings. The number of nitrogens with zero attached hydrogens (tertiary/aromatic N) is 4. The Hall–Kier alpha value is -3.42. The highest BCUT2D eigenvalue weighted by atomic mass is 16.6. The number of rotatable bonds is 25. The number of para-hydroxylation sites is 1. The first-order valence-electron chi connectivity index (χ1n) is 20.9. The van der Waals surface area contributed by atoms with E-state index in [0.717, 1.165) is 69.4 Å². The molecule has 0 unspecified atom stereocenters. The highest BCUT2D eigenvalue weighted by Gasteiger charge is 2.37. The predicted octanol–water partition coefficient (Wildman–Crippen LogP) is 12.8. The third-order valence-electron chi connectivity index (χ3n) is 11.1. The summed E-state index contributed by atoms with van der Waals surface area (Å²) in [4.78, 5) is 19.1. The zero-order chi connectivity index (χ0) is 36.5. The van der Waals surface area contributed by atoms with Gasteiger partial charge in [-0.25, -0.2) is 0 Å². The molecule has 0 saturated carbocycles. The molecule has 3 aromatic rings. The summed E-state index contributed by atoms with van der Waals surface area (Å²) >= 11 is 0. The van der Waals surface area contributed by atoms with Crippen LogP contribution in [0.25, 0.3) is 0 Å². The summed E-state index contributed by atoms with van der Waals surface area (Å²) < 4.78 is 6.95. The zero-order valence-corrected chi connectivity index (χ0v) is 32.7. The van der Waals surface area contributed by atoms with E-state index < -0.39 is 0 Å². The van der Waals surface area contributed by atoms with Gasteiger partial charge in [0.2, 0.25) is 0 Å². The SMILES string of the molecule is CCCCCCCCN1Cc2c(c(N(c3ccccc3)c3ccc([N+](=O)[O-])cc3)c3c(c2OCCCCCCC)CN(CCCCCCCC)C3)C1. The number of unbranched alkanes of at least 4 members (excludes halogenated alkanes) is 14. The quantitative estimate of drug-likeness (QED) is 0.0495. The molecular formula is C45H66N4O3. The summed E-state index contributed by atoms with van der Waals surface area (Å²) in [6, 6.07) is 17.8. The van der Waals surface area contributed by atoms with Crippen LogP contribution in [-0.4, -0.2) is 34.4 Å². The Morgan fingerprint density at radius 2 is 1.02 bits per heavy atom. The lowest BCUT2D eigenvalue weighted by molar-refractivity contribution is -0.384. The average Bonchev–Trinajstić information content (AvgIpc) is 3.78. The summed E-state index contributed by atoms with van der Waals surface area (Å²) in [5.74, 6) is 1.15. The van der Waals surface area contributed by atoms with Crippen molar-refractivity contribution in [2.75, 3.05) is 24.6 Å². The highest BCUT2D eigenvalue weighted by molar-refractivity contribution is 5.84. The van der Waals surface area contributed by atoms with E-state index in [4.69, 9.17) is 4.74 Å². The van der Waals surface area contributed by atoms with Gasteiger partial charge in [0.1, 0.15) is 5.75 Å². The van der Waals surface area contributed by atoms with Gasteiger partial charge < -0.3 is 9.64 Å². The minimum absolute atomic E-state index is 0.116. The molecule has 0 radical (unpaired) electrons. The lowest BCUT2D eigenvalue weighted by atomic mass is 9.95.